The number of carbonyl (C=O) groups is 2. The summed E-state index contributed by atoms with van der Waals surface area (Å²) in [6.07, 6.45) is 0.361. The van der Waals surface area contributed by atoms with Gasteiger partial charge in [0.1, 0.15) is 11.4 Å². The molecule has 0 spiro atoms. The van der Waals surface area contributed by atoms with E-state index >= 15 is 0 Å². The van der Waals surface area contributed by atoms with E-state index in [9.17, 15) is 9.59 Å². The first-order valence-corrected chi connectivity index (χ1v) is 9.74. The lowest BCUT2D eigenvalue weighted by molar-refractivity contribution is 0.0982. The molecule has 3 rings (SSSR count). The highest BCUT2D eigenvalue weighted by Gasteiger charge is 2.23. The monoisotopic (exact) mass is 386 g/mol. The lowest BCUT2D eigenvalue weighted by Gasteiger charge is -2.27. The molecule has 0 aliphatic rings. The summed E-state index contributed by atoms with van der Waals surface area (Å²) in [5.41, 5.74) is 3.83. The van der Waals surface area contributed by atoms with Gasteiger partial charge in [-0.15, -0.1) is 0 Å². The molecule has 148 valence electrons. The molecule has 0 aliphatic heterocycles. The molecule has 29 heavy (non-hydrogen) atoms. The molecule has 0 bridgehead atoms. The topological polar surface area (TPSA) is 43.4 Å². The van der Waals surface area contributed by atoms with E-state index < -0.39 is 5.60 Å². The zero-order chi connectivity index (χ0) is 21.0. The van der Waals surface area contributed by atoms with E-state index in [4.69, 9.17) is 4.74 Å². The molecule has 0 heterocycles. The van der Waals surface area contributed by atoms with Crippen LogP contribution in [0.25, 0.3) is 0 Å². The SMILES string of the molecule is CC(=O)c1ccc(C(C)(C)Oc2cccc(C(=O)Cc3ccc(C)cc3)c2)cc1. The zero-order valence-electron chi connectivity index (χ0n) is 17.4. The molecule has 0 amide bonds. The third-order valence-corrected chi connectivity index (χ3v) is 5.00. The van der Waals surface area contributed by atoms with Gasteiger partial charge < -0.3 is 4.74 Å². The molecule has 3 aromatic carbocycles. The molecule has 0 radical (unpaired) electrons. The van der Waals surface area contributed by atoms with Crippen LogP contribution in [0.5, 0.6) is 5.75 Å². The van der Waals surface area contributed by atoms with Crippen LogP contribution >= 0.6 is 0 Å². The minimum absolute atomic E-state index is 0.0371. The Morgan fingerprint density at radius 2 is 1.52 bits per heavy atom. The fourth-order valence-corrected chi connectivity index (χ4v) is 3.19. The lowest BCUT2D eigenvalue weighted by atomic mass is 9.96. The van der Waals surface area contributed by atoms with E-state index in [2.05, 4.69) is 0 Å². The molecule has 0 aromatic heterocycles. The maximum Gasteiger partial charge on any atom is 0.167 e. The van der Waals surface area contributed by atoms with Gasteiger partial charge in [0.15, 0.2) is 11.6 Å². The van der Waals surface area contributed by atoms with Crippen LogP contribution in [0.2, 0.25) is 0 Å². The molecule has 0 N–H and O–H groups in total. The third kappa shape index (κ3) is 5.20. The van der Waals surface area contributed by atoms with Crippen LogP contribution in [0.3, 0.4) is 0 Å². The number of hydrogen-bond acceptors (Lipinski definition) is 3. The second kappa shape index (κ2) is 8.44. The summed E-state index contributed by atoms with van der Waals surface area (Å²) in [5.74, 6) is 0.735. The predicted molar refractivity (Wildman–Crippen MR) is 116 cm³/mol. The van der Waals surface area contributed by atoms with Gasteiger partial charge in [0.05, 0.1) is 0 Å². The maximum atomic E-state index is 12.7. The summed E-state index contributed by atoms with van der Waals surface area (Å²) < 4.78 is 6.21. The quantitative estimate of drug-likeness (QED) is 0.472. The number of Topliss-reactive ketones (excluding diaryl/α,β-unsaturated/α-hetero) is 2. The van der Waals surface area contributed by atoms with Crippen LogP contribution in [0, 0.1) is 6.92 Å². The van der Waals surface area contributed by atoms with E-state index in [0.717, 1.165) is 11.1 Å². The number of hydrogen-bond donors (Lipinski definition) is 0. The standard InChI is InChI=1S/C26H26O3/c1-18-8-10-20(11-9-18)16-25(28)22-6-5-7-24(17-22)29-26(3,4)23-14-12-21(13-15-23)19(2)27/h5-15,17H,16H2,1-4H3. The van der Waals surface area contributed by atoms with Gasteiger partial charge in [-0.05, 0) is 51.0 Å². The van der Waals surface area contributed by atoms with Gasteiger partial charge in [-0.3, -0.25) is 9.59 Å². The minimum atomic E-state index is -0.603. The van der Waals surface area contributed by atoms with Crippen LogP contribution in [0.1, 0.15) is 58.2 Å². The highest BCUT2D eigenvalue weighted by atomic mass is 16.5. The Kier molecular flexibility index (Phi) is 5.97. The van der Waals surface area contributed by atoms with Gasteiger partial charge in [-0.1, -0.05) is 66.2 Å². The summed E-state index contributed by atoms with van der Waals surface area (Å²) in [6, 6.07) is 22.7. The van der Waals surface area contributed by atoms with Crippen molar-refractivity contribution in [1.29, 1.82) is 0 Å². The second-order valence-corrected chi connectivity index (χ2v) is 7.86. The number of benzene rings is 3. The van der Waals surface area contributed by atoms with Crippen molar-refractivity contribution < 1.29 is 14.3 Å². The van der Waals surface area contributed by atoms with Crippen LogP contribution < -0.4 is 4.74 Å². The average Bonchev–Trinajstić information content (AvgIpc) is 2.69. The largest absolute Gasteiger partial charge is 0.483 e. The van der Waals surface area contributed by atoms with Crippen LogP contribution in [0.4, 0.5) is 0 Å². The van der Waals surface area contributed by atoms with E-state index in [1.54, 1.807) is 13.0 Å². The first kappa shape index (κ1) is 20.5. The Morgan fingerprint density at radius 3 is 2.14 bits per heavy atom. The molecular weight excluding hydrogens is 360 g/mol. The first-order chi connectivity index (χ1) is 13.7. The number of carbonyl (C=O) groups excluding carboxylic acids is 2. The Bertz CT molecular complexity index is 1010. The van der Waals surface area contributed by atoms with E-state index in [1.807, 2.05) is 87.5 Å². The smallest absolute Gasteiger partial charge is 0.167 e. The molecule has 0 aliphatic carbocycles. The third-order valence-electron chi connectivity index (χ3n) is 5.00. The van der Waals surface area contributed by atoms with Crippen molar-refractivity contribution >= 4 is 11.6 Å². The summed E-state index contributed by atoms with van der Waals surface area (Å²) >= 11 is 0. The van der Waals surface area contributed by atoms with Crippen molar-refractivity contribution in [3.05, 3.63) is 101 Å². The zero-order valence-corrected chi connectivity index (χ0v) is 17.4. The maximum absolute atomic E-state index is 12.7. The Morgan fingerprint density at radius 1 is 0.862 bits per heavy atom. The van der Waals surface area contributed by atoms with E-state index in [-0.39, 0.29) is 11.6 Å². The summed E-state index contributed by atoms with van der Waals surface area (Å²) in [7, 11) is 0. The molecular formula is C26H26O3. The molecule has 0 saturated carbocycles. The average molecular weight is 386 g/mol. The summed E-state index contributed by atoms with van der Waals surface area (Å²) in [6.45, 7) is 7.52. The Hall–Kier alpha value is -3.20. The van der Waals surface area contributed by atoms with Gasteiger partial charge in [0, 0.05) is 17.5 Å². The highest BCUT2D eigenvalue weighted by Crippen LogP contribution is 2.28. The van der Waals surface area contributed by atoms with Crippen molar-refractivity contribution in [2.45, 2.75) is 39.7 Å². The van der Waals surface area contributed by atoms with Gasteiger partial charge >= 0.3 is 0 Å². The molecule has 3 aromatic rings. The number of rotatable bonds is 7. The first-order valence-electron chi connectivity index (χ1n) is 9.74. The number of ketones is 2. The van der Waals surface area contributed by atoms with Crippen LogP contribution in [-0.2, 0) is 12.0 Å². The Balaban J connectivity index is 1.75. The normalized spacial score (nSPS) is 11.2. The minimum Gasteiger partial charge on any atom is -0.483 e. The van der Waals surface area contributed by atoms with Gasteiger partial charge in [-0.25, -0.2) is 0 Å². The fourth-order valence-electron chi connectivity index (χ4n) is 3.19. The molecule has 3 heteroatoms. The van der Waals surface area contributed by atoms with E-state index in [1.165, 1.54) is 5.56 Å². The molecule has 0 unspecified atom stereocenters. The Labute approximate surface area is 172 Å². The van der Waals surface area contributed by atoms with Gasteiger partial charge in [0.25, 0.3) is 0 Å². The van der Waals surface area contributed by atoms with Gasteiger partial charge in [0.2, 0.25) is 0 Å². The van der Waals surface area contributed by atoms with E-state index in [0.29, 0.717) is 23.3 Å². The number of ether oxygens (including phenoxy) is 1. The predicted octanol–water partition coefficient (Wildman–Crippen LogP) is 5.94. The van der Waals surface area contributed by atoms with Crippen molar-refractivity contribution in [2.24, 2.45) is 0 Å². The summed E-state index contributed by atoms with van der Waals surface area (Å²) in [5, 5.41) is 0. The fraction of sp³-hybridized carbons (Fsp3) is 0.231. The van der Waals surface area contributed by atoms with Crippen molar-refractivity contribution in [3.8, 4) is 5.75 Å². The molecule has 0 fully saturated rings. The van der Waals surface area contributed by atoms with Crippen LogP contribution in [0.15, 0.2) is 72.8 Å². The molecule has 0 atom stereocenters. The van der Waals surface area contributed by atoms with Crippen molar-refractivity contribution in [1.82, 2.24) is 0 Å². The van der Waals surface area contributed by atoms with Gasteiger partial charge in [-0.2, -0.15) is 0 Å². The summed E-state index contributed by atoms with van der Waals surface area (Å²) in [4.78, 5) is 24.2. The van der Waals surface area contributed by atoms with Crippen molar-refractivity contribution in [2.75, 3.05) is 0 Å². The highest BCUT2D eigenvalue weighted by molar-refractivity contribution is 5.97. The molecule has 0 saturated heterocycles. The van der Waals surface area contributed by atoms with Crippen LogP contribution in [-0.4, -0.2) is 11.6 Å². The van der Waals surface area contributed by atoms with Crippen molar-refractivity contribution in [3.63, 3.8) is 0 Å². The lowest BCUT2D eigenvalue weighted by Crippen LogP contribution is -2.25. The second-order valence-electron chi connectivity index (χ2n) is 7.86. The number of aryl methyl sites for hydroxylation is 1. The molecule has 3 nitrogen and oxygen atoms in total.